The SMILES string of the molecule is CC(=NC(C)C)c1cccc(C(C)=NC(C)C)n1.CC(=NC(C)C)c1cccc(C(C)=NC(C)C)n1.[Fe]. The van der Waals surface area contributed by atoms with Crippen LogP contribution in [0.2, 0.25) is 0 Å². The summed E-state index contributed by atoms with van der Waals surface area (Å²) in [5.41, 5.74) is 7.62. The molecule has 0 N–H and O–H groups in total. The van der Waals surface area contributed by atoms with Crippen molar-refractivity contribution in [3.63, 3.8) is 0 Å². The molecule has 2 rings (SSSR count). The molecule has 0 spiro atoms. The first-order chi connectivity index (χ1) is 16.8. The maximum absolute atomic E-state index is 4.62. The van der Waals surface area contributed by atoms with Crippen LogP contribution in [0, 0.1) is 0 Å². The van der Waals surface area contributed by atoms with Crippen LogP contribution < -0.4 is 0 Å². The summed E-state index contributed by atoms with van der Waals surface area (Å²) in [6.07, 6.45) is 0. The van der Waals surface area contributed by atoms with E-state index in [1.807, 2.05) is 64.1 Å². The standard InChI is InChI=1S/2C15H23N3.Fe/c2*1-10(2)16-12(5)14-8-7-9-15(18-14)13(6)17-11(3)4;/h2*7-11H,1-6H3;. The Labute approximate surface area is 235 Å². The van der Waals surface area contributed by atoms with Crippen LogP contribution in [0.15, 0.2) is 56.4 Å². The van der Waals surface area contributed by atoms with Gasteiger partial charge in [-0.05, 0) is 107 Å². The fourth-order valence-electron chi connectivity index (χ4n) is 3.49. The summed E-state index contributed by atoms with van der Waals surface area (Å²) in [4.78, 5) is 27.3. The van der Waals surface area contributed by atoms with Crippen LogP contribution in [0.1, 0.15) is 106 Å². The molecular formula is C30H46FeN6. The summed E-state index contributed by atoms with van der Waals surface area (Å²) in [5, 5.41) is 0. The predicted octanol–water partition coefficient (Wildman–Crippen LogP) is 7.03. The summed E-state index contributed by atoms with van der Waals surface area (Å²) in [7, 11) is 0. The van der Waals surface area contributed by atoms with E-state index in [4.69, 9.17) is 0 Å². The van der Waals surface area contributed by atoms with Gasteiger partial charge in [-0.3, -0.25) is 20.0 Å². The van der Waals surface area contributed by atoms with Crippen molar-refractivity contribution < 1.29 is 17.1 Å². The molecule has 7 heteroatoms. The van der Waals surface area contributed by atoms with Gasteiger partial charge < -0.3 is 0 Å². The maximum Gasteiger partial charge on any atom is 0.0845 e. The summed E-state index contributed by atoms with van der Waals surface area (Å²) in [6, 6.07) is 13.2. The summed E-state index contributed by atoms with van der Waals surface area (Å²) < 4.78 is 0. The van der Waals surface area contributed by atoms with Gasteiger partial charge in [0.1, 0.15) is 0 Å². The molecule has 6 nitrogen and oxygen atoms in total. The van der Waals surface area contributed by atoms with Crippen LogP contribution in [0.25, 0.3) is 0 Å². The number of aliphatic imine (C=N–C) groups is 4. The second-order valence-electron chi connectivity index (χ2n) is 10.0. The molecule has 0 saturated heterocycles. The van der Waals surface area contributed by atoms with Crippen molar-refractivity contribution in [3.05, 3.63) is 59.2 Å². The largest absolute Gasteiger partial charge is 0.285 e. The van der Waals surface area contributed by atoms with Gasteiger partial charge in [0.2, 0.25) is 0 Å². The Balaban J connectivity index is 0.000000682. The number of pyridine rings is 2. The van der Waals surface area contributed by atoms with E-state index in [-0.39, 0.29) is 17.1 Å². The smallest absolute Gasteiger partial charge is 0.0845 e. The third-order valence-corrected chi connectivity index (χ3v) is 4.79. The summed E-state index contributed by atoms with van der Waals surface area (Å²) in [5.74, 6) is 0. The van der Waals surface area contributed by atoms with Crippen molar-refractivity contribution in [2.24, 2.45) is 20.0 Å². The van der Waals surface area contributed by atoms with E-state index < -0.39 is 0 Å². The van der Waals surface area contributed by atoms with Gasteiger partial charge in [-0.25, -0.2) is 9.97 Å². The topological polar surface area (TPSA) is 75.2 Å². The summed E-state index contributed by atoms with van der Waals surface area (Å²) >= 11 is 0. The number of nitrogens with zero attached hydrogens (tertiary/aromatic N) is 6. The average Bonchev–Trinajstić information content (AvgIpc) is 2.78. The van der Waals surface area contributed by atoms with Crippen LogP contribution in [0.3, 0.4) is 0 Å². The number of aromatic nitrogens is 2. The zero-order valence-electron chi connectivity index (χ0n) is 24.8. The Bertz CT molecular complexity index is 929. The van der Waals surface area contributed by atoms with Crippen LogP contribution in [-0.2, 0) is 17.1 Å². The Hall–Kier alpha value is -2.50. The van der Waals surface area contributed by atoms with Crippen LogP contribution >= 0.6 is 0 Å². The Morgan fingerprint density at radius 2 is 0.649 bits per heavy atom. The summed E-state index contributed by atoms with van der Waals surface area (Å²) in [6.45, 7) is 24.6. The molecule has 0 aliphatic heterocycles. The van der Waals surface area contributed by atoms with E-state index in [1.165, 1.54) is 0 Å². The fourth-order valence-corrected chi connectivity index (χ4v) is 3.49. The zero-order valence-corrected chi connectivity index (χ0v) is 25.9. The number of rotatable bonds is 8. The zero-order chi connectivity index (χ0) is 27.4. The predicted molar refractivity (Wildman–Crippen MR) is 158 cm³/mol. The second kappa shape index (κ2) is 17.1. The Morgan fingerprint density at radius 1 is 0.459 bits per heavy atom. The molecule has 2 aromatic heterocycles. The van der Waals surface area contributed by atoms with Crippen molar-refractivity contribution >= 4 is 22.8 Å². The van der Waals surface area contributed by atoms with Crippen LogP contribution in [0.5, 0.6) is 0 Å². The van der Waals surface area contributed by atoms with Gasteiger partial charge in [0, 0.05) is 41.2 Å². The molecule has 0 fully saturated rings. The maximum atomic E-state index is 4.62. The molecule has 0 amide bonds. The fraction of sp³-hybridized carbons (Fsp3) is 0.533. The van der Waals surface area contributed by atoms with Gasteiger partial charge in [0.15, 0.2) is 0 Å². The molecule has 0 atom stereocenters. The number of hydrogen-bond donors (Lipinski definition) is 0. The van der Waals surface area contributed by atoms with E-state index in [1.54, 1.807) is 0 Å². The third kappa shape index (κ3) is 13.6. The van der Waals surface area contributed by atoms with Gasteiger partial charge in [-0.2, -0.15) is 0 Å². The molecule has 0 bridgehead atoms. The minimum Gasteiger partial charge on any atom is -0.285 e. The number of hydrogen-bond acceptors (Lipinski definition) is 6. The normalized spacial score (nSPS) is 13.2. The molecule has 0 radical (unpaired) electrons. The first kappa shape index (κ1) is 34.5. The van der Waals surface area contributed by atoms with Crippen molar-refractivity contribution in [2.75, 3.05) is 0 Å². The van der Waals surface area contributed by atoms with Gasteiger partial charge in [0.25, 0.3) is 0 Å². The minimum atomic E-state index is 0. The first-order valence-corrected chi connectivity index (χ1v) is 12.9. The van der Waals surface area contributed by atoms with E-state index in [0.29, 0.717) is 24.2 Å². The van der Waals surface area contributed by atoms with Crippen molar-refractivity contribution in [1.29, 1.82) is 0 Å². The van der Waals surface area contributed by atoms with Gasteiger partial charge in [-0.1, -0.05) is 12.1 Å². The van der Waals surface area contributed by atoms with E-state index in [2.05, 4.69) is 85.3 Å². The molecular weight excluding hydrogens is 500 g/mol. The molecule has 37 heavy (non-hydrogen) atoms. The van der Waals surface area contributed by atoms with Gasteiger partial charge in [-0.15, -0.1) is 0 Å². The van der Waals surface area contributed by atoms with Crippen molar-refractivity contribution in [2.45, 2.75) is 107 Å². The van der Waals surface area contributed by atoms with Crippen LogP contribution in [0.4, 0.5) is 0 Å². The minimum absolute atomic E-state index is 0. The van der Waals surface area contributed by atoms with E-state index in [0.717, 1.165) is 45.6 Å². The molecule has 0 aliphatic rings. The third-order valence-electron chi connectivity index (χ3n) is 4.79. The van der Waals surface area contributed by atoms with E-state index in [9.17, 15) is 0 Å². The Morgan fingerprint density at radius 3 is 0.811 bits per heavy atom. The van der Waals surface area contributed by atoms with Crippen molar-refractivity contribution in [1.82, 2.24) is 9.97 Å². The molecule has 0 saturated carbocycles. The molecule has 2 aromatic rings. The van der Waals surface area contributed by atoms with Crippen LogP contribution in [-0.4, -0.2) is 57.0 Å². The molecule has 2 heterocycles. The average molecular weight is 547 g/mol. The first-order valence-electron chi connectivity index (χ1n) is 12.9. The monoisotopic (exact) mass is 546 g/mol. The van der Waals surface area contributed by atoms with Gasteiger partial charge >= 0.3 is 0 Å². The Kier molecular flexibility index (Phi) is 15.9. The second-order valence-corrected chi connectivity index (χ2v) is 10.0. The molecule has 204 valence electrons. The quantitative estimate of drug-likeness (QED) is 0.263. The van der Waals surface area contributed by atoms with E-state index >= 15 is 0 Å². The van der Waals surface area contributed by atoms with Crippen molar-refractivity contribution in [3.8, 4) is 0 Å². The molecule has 0 aliphatic carbocycles. The molecule has 0 unspecified atom stereocenters. The molecule has 0 aromatic carbocycles. The van der Waals surface area contributed by atoms with Gasteiger partial charge in [0.05, 0.1) is 45.6 Å².